The van der Waals surface area contributed by atoms with Crippen molar-refractivity contribution in [3.63, 3.8) is 0 Å². The number of ether oxygens (including phenoxy) is 2. The van der Waals surface area contributed by atoms with Crippen LogP contribution in [0.4, 0.5) is 4.79 Å². The van der Waals surface area contributed by atoms with E-state index in [1.54, 1.807) is 19.9 Å². The number of hydrogen-bond acceptors (Lipinski definition) is 7. The molecule has 0 aliphatic carbocycles. The van der Waals surface area contributed by atoms with E-state index >= 15 is 0 Å². The van der Waals surface area contributed by atoms with E-state index in [2.05, 4.69) is 30.3 Å². The van der Waals surface area contributed by atoms with Crippen molar-refractivity contribution in [2.24, 2.45) is 11.7 Å². The third kappa shape index (κ3) is 7.43. The van der Waals surface area contributed by atoms with Crippen molar-refractivity contribution in [1.82, 2.24) is 10.2 Å². The summed E-state index contributed by atoms with van der Waals surface area (Å²) in [5.74, 6) is -1.95. The highest BCUT2D eigenvalue weighted by molar-refractivity contribution is 5.82. The van der Waals surface area contributed by atoms with E-state index in [9.17, 15) is 14.4 Å². The number of aliphatic carboxylic acids is 1. The van der Waals surface area contributed by atoms with Crippen LogP contribution in [0.15, 0.2) is 24.3 Å². The summed E-state index contributed by atoms with van der Waals surface area (Å²) in [5, 5.41) is 11.4. The molecular weight excluding hydrogens is 426 g/mol. The van der Waals surface area contributed by atoms with Crippen molar-refractivity contribution in [2.75, 3.05) is 26.7 Å². The third-order valence-electron chi connectivity index (χ3n) is 6.27. The van der Waals surface area contributed by atoms with Crippen LogP contribution in [0.2, 0.25) is 0 Å². The van der Waals surface area contributed by atoms with E-state index in [0.717, 1.165) is 37.9 Å². The lowest BCUT2D eigenvalue weighted by Gasteiger charge is -2.35. The summed E-state index contributed by atoms with van der Waals surface area (Å²) in [6.07, 6.45) is 3.58. The van der Waals surface area contributed by atoms with Crippen LogP contribution in [0.25, 0.3) is 0 Å². The Hall–Kier alpha value is -2.65. The SMILES string of the molecule is CCC1(c2cccc(OC(=O)NC(C(=O)OCC(N)C(=O)O)C(C)C)c2)CCCCN(C)C1. The minimum Gasteiger partial charge on any atom is -0.480 e. The Balaban J connectivity index is 2.08. The zero-order valence-corrected chi connectivity index (χ0v) is 20.0. The van der Waals surface area contributed by atoms with Crippen molar-refractivity contribution in [2.45, 2.75) is 64.0 Å². The summed E-state index contributed by atoms with van der Waals surface area (Å²) >= 11 is 0. The summed E-state index contributed by atoms with van der Waals surface area (Å²) < 4.78 is 10.5. The number of nitrogens with one attached hydrogen (secondary N) is 1. The molecule has 1 fully saturated rings. The topological polar surface area (TPSA) is 131 Å². The summed E-state index contributed by atoms with van der Waals surface area (Å²) in [5.41, 5.74) is 6.49. The monoisotopic (exact) mass is 463 g/mol. The van der Waals surface area contributed by atoms with Crippen LogP contribution in [0.1, 0.15) is 52.0 Å². The standard InChI is InChI=1S/C24H37N3O6/c1-5-24(11-6-7-12-27(4)15-24)17-9-8-10-18(13-17)33-23(31)26-20(16(2)3)22(30)32-14-19(25)21(28)29/h8-10,13,16,19-20H,5-7,11-12,14-15,25H2,1-4H3,(H,26,31)(H,28,29). The van der Waals surface area contributed by atoms with Crippen molar-refractivity contribution in [3.8, 4) is 5.75 Å². The van der Waals surface area contributed by atoms with Crippen LogP contribution in [-0.2, 0) is 19.7 Å². The van der Waals surface area contributed by atoms with Gasteiger partial charge in [0.05, 0.1) is 0 Å². The largest absolute Gasteiger partial charge is 0.480 e. The molecule has 9 nitrogen and oxygen atoms in total. The van der Waals surface area contributed by atoms with Gasteiger partial charge in [-0.05, 0) is 56.5 Å². The van der Waals surface area contributed by atoms with E-state index < -0.39 is 36.7 Å². The lowest BCUT2D eigenvalue weighted by atomic mass is 9.74. The van der Waals surface area contributed by atoms with E-state index in [1.807, 2.05) is 12.1 Å². The molecule has 0 bridgehead atoms. The summed E-state index contributed by atoms with van der Waals surface area (Å²) in [6.45, 7) is 7.19. The molecule has 1 aromatic carbocycles. The molecule has 9 heteroatoms. The molecule has 1 saturated heterocycles. The first kappa shape index (κ1) is 26.6. The molecule has 0 spiro atoms. The molecule has 0 aromatic heterocycles. The number of likely N-dealkylation sites (N-methyl/N-ethyl adjacent to an activating group) is 1. The molecule has 3 unspecified atom stereocenters. The van der Waals surface area contributed by atoms with Crippen LogP contribution < -0.4 is 15.8 Å². The first-order chi connectivity index (χ1) is 15.6. The molecule has 1 aliphatic heterocycles. The Morgan fingerprint density at radius 1 is 1.27 bits per heavy atom. The van der Waals surface area contributed by atoms with E-state index in [4.69, 9.17) is 20.3 Å². The van der Waals surface area contributed by atoms with Crippen LogP contribution in [0.3, 0.4) is 0 Å². The van der Waals surface area contributed by atoms with Gasteiger partial charge in [0.1, 0.15) is 24.4 Å². The number of amides is 1. The van der Waals surface area contributed by atoms with Gasteiger partial charge >= 0.3 is 18.0 Å². The fraction of sp³-hybridized carbons (Fsp3) is 0.625. The van der Waals surface area contributed by atoms with Gasteiger partial charge in [0.2, 0.25) is 0 Å². The van der Waals surface area contributed by atoms with Gasteiger partial charge in [0, 0.05) is 12.0 Å². The summed E-state index contributed by atoms with van der Waals surface area (Å²) in [4.78, 5) is 38.1. The lowest BCUT2D eigenvalue weighted by Crippen LogP contribution is -2.47. The van der Waals surface area contributed by atoms with E-state index in [0.29, 0.717) is 5.75 Å². The van der Waals surface area contributed by atoms with Gasteiger partial charge in [-0.2, -0.15) is 0 Å². The summed E-state index contributed by atoms with van der Waals surface area (Å²) in [6, 6.07) is 5.23. The average molecular weight is 464 g/mol. The first-order valence-corrected chi connectivity index (χ1v) is 11.5. The van der Waals surface area contributed by atoms with Gasteiger partial charge < -0.3 is 30.5 Å². The molecule has 4 N–H and O–H groups in total. The fourth-order valence-electron chi connectivity index (χ4n) is 4.23. The van der Waals surface area contributed by atoms with Gasteiger partial charge in [0.15, 0.2) is 0 Å². The molecule has 1 amide bonds. The van der Waals surface area contributed by atoms with Crippen LogP contribution in [-0.4, -0.2) is 66.9 Å². The molecule has 1 aromatic rings. The molecule has 1 aliphatic rings. The normalized spacial score (nSPS) is 21.0. The fourth-order valence-corrected chi connectivity index (χ4v) is 4.23. The van der Waals surface area contributed by atoms with Crippen molar-refractivity contribution >= 4 is 18.0 Å². The quantitative estimate of drug-likeness (QED) is 0.476. The van der Waals surface area contributed by atoms with Gasteiger partial charge in [-0.3, -0.25) is 4.79 Å². The molecule has 0 saturated carbocycles. The van der Waals surface area contributed by atoms with Crippen LogP contribution in [0, 0.1) is 5.92 Å². The lowest BCUT2D eigenvalue weighted by molar-refractivity contribution is -0.150. The third-order valence-corrected chi connectivity index (χ3v) is 6.27. The Bertz CT molecular complexity index is 830. The van der Waals surface area contributed by atoms with Gasteiger partial charge in [-0.15, -0.1) is 0 Å². The van der Waals surface area contributed by atoms with Crippen molar-refractivity contribution < 1.29 is 29.0 Å². The number of nitrogens with two attached hydrogens (primary N) is 1. The number of carboxylic acid groups (broad SMARTS) is 1. The second kappa shape index (κ2) is 12.0. The number of esters is 1. The first-order valence-electron chi connectivity index (χ1n) is 11.5. The number of benzene rings is 1. The number of nitrogens with zero attached hydrogens (tertiary/aromatic N) is 1. The molecular formula is C24H37N3O6. The zero-order chi connectivity index (χ0) is 24.6. The van der Waals surface area contributed by atoms with Crippen LogP contribution >= 0.6 is 0 Å². The second-order valence-electron chi connectivity index (χ2n) is 9.19. The maximum absolute atomic E-state index is 12.6. The predicted octanol–water partition coefficient (Wildman–Crippen LogP) is 2.52. The molecule has 184 valence electrons. The average Bonchev–Trinajstić information content (AvgIpc) is 2.97. The zero-order valence-electron chi connectivity index (χ0n) is 20.0. The Labute approximate surface area is 195 Å². The molecule has 33 heavy (non-hydrogen) atoms. The smallest absolute Gasteiger partial charge is 0.413 e. The molecule has 1 heterocycles. The number of likely N-dealkylation sites (tertiary alicyclic amines) is 1. The summed E-state index contributed by atoms with van der Waals surface area (Å²) in [7, 11) is 2.14. The van der Waals surface area contributed by atoms with E-state index in [-0.39, 0.29) is 11.3 Å². The van der Waals surface area contributed by atoms with E-state index in [1.165, 1.54) is 6.42 Å². The molecule has 0 radical (unpaired) electrons. The number of hydrogen-bond donors (Lipinski definition) is 3. The number of carbonyl (C=O) groups excluding carboxylic acids is 2. The highest BCUT2D eigenvalue weighted by Crippen LogP contribution is 2.37. The second-order valence-corrected chi connectivity index (χ2v) is 9.19. The highest BCUT2D eigenvalue weighted by atomic mass is 16.6. The Morgan fingerprint density at radius 2 is 2.00 bits per heavy atom. The van der Waals surface area contributed by atoms with Crippen molar-refractivity contribution in [3.05, 3.63) is 29.8 Å². The number of carboxylic acids is 1. The number of rotatable bonds is 9. The maximum Gasteiger partial charge on any atom is 0.413 e. The van der Waals surface area contributed by atoms with Crippen LogP contribution in [0.5, 0.6) is 5.75 Å². The predicted molar refractivity (Wildman–Crippen MR) is 124 cm³/mol. The van der Waals surface area contributed by atoms with Gasteiger partial charge in [-0.25, -0.2) is 9.59 Å². The maximum atomic E-state index is 12.6. The van der Waals surface area contributed by atoms with Gasteiger partial charge in [-0.1, -0.05) is 39.3 Å². The highest BCUT2D eigenvalue weighted by Gasteiger charge is 2.33. The molecule has 2 rings (SSSR count). The Morgan fingerprint density at radius 3 is 2.64 bits per heavy atom. The minimum absolute atomic E-state index is 0.00568. The van der Waals surface area contributed by atoms with Crippen molar-refractivity contribution in [1.29, 1.82) is 0 Å². The molecule has 3 atom stereocenters. The Kier molecular flexibility index (Phi) is 9.67. The number of carbonyl (C=O) groups is 3. The minimum atomic E-state index is -1.33. The van der Waals surface area contributed by atoms with Gasteiger partial charge in [0.25, 0.3) is 0 Å².